The molecule has 102 valence electrons. The van der Waals surface area contributed by atoms with Crippen molar-refractivity contribution in [2.75, 3.05) is 0 Å². The minimum atomic E-state index is -0.228. The minimum Gasteiger partial charge on any atom is -0.321 e. The lowest BCUT2D eigenvalue weighted by Crippen LogP contribution is -2.30. The lowest BCUT2D eigenvalue weighted by atomic mass is 9.97. The third kappa shape index (κ3) is 2.04. The summed E-state index contributed by atoms with van der Waals surface area (Å²) in [5.41, 5.74) is 1.60. The molecule has 4 heteroatoms. The lowest BCUT2D eigenvalue weighted by Gasteiger charge is -2.30. The van der Waals surface area contributed by atoms with Crippen LogP contribution >= 0.6 is 11.6 Å². The topological polar surface area (TPSA) is 17.8 Å². The highest BCUT2D eigenvalue weighted by molar-refractivity contribution is 6.20. The fourth-order valence-corrected chi connectivity index (χ4v) is 3.06. The normalized spacial score (nSPS) is 17.9. The molecule has 0 spiro atoms. The molecule has 0 radical (unpaired) electrons. The number of hydrogen-bond donors (Lipinski definition) is 0. The van der Waals surface area contributed by atoms with Gasteiger partial charge in [-0.2, -0.15) is 0 Å². The summed E-state index contributed by atoms with van der Waals surface area (Å²) < 4.78 is 15.7. The second-order valence-electron chi connectivity index (χ2n) is 5.98. The van der Waals surface area contributed by atoms with E-state index in [0.29, 0.717) is 5.92 Å². The van der Waals surface area contributed by atoms with Crippen LogP contribution < -0.4 is 0 Å². The Morgan fingerprint density at radius 3 is 2.68 bits per heavy atom. The zero-order valence-electron chi connectivity index (χ0n) is 11.5. The lowest BCUT2D eigenvalue weighted by molar-refractivity contribution is 0.304. The number of rotatable bonds is 3. The molecule has 19 heavy (non-hydrogen) atoms. The fraction of sp³-hybridized carbons (Fsp3) is 0.533. The number of benzene rings is 1. The summed E-state index contributed by atoms with van der Waals surface area (Å²) in [4.78, 5) is 4.59. The van der Waals surface area contributed by atoms with Gasteiger partial charge < -0.3 is 4.57 Å². The summed E-state index contributed by atoms with van der Waals surface area (Å²) in [5, 5.41) is -0.187. The van der Waals surface area contributed by atoms with Gasteiger partial charge in [-0.3, -0.25) is 0 Å². The van der Waals surface area contributed by atoms with E-state index in [0.717, 1.165) is 16.9 Å². The Kier molecular flexibility index (Phi) is 2.86. The first-order chi connectivity index (χ1) is 8.91. The summed E-state index contributed by atoms with van der Waals surface area (Å²) in [6.07, 6.45) is 2.44. The molecule has 0 bridgehead atoms. The summed E-state index contributed by atoms with van der Waals surface area (Å²) >= 11 is 6.27. The molecular formula is C15H18ClFN2. The Labute approximate surface area is 117 Å². The molecule has 1 unspecified atom stereocenters. The molecule has 2 nitrogen and oxygen atoms in total. The molecule has 3 rings (SSSR count). The molecule has 1 fully saturated rings. The van der Waals surface area contributed by atoms with Crippen LogP contribution in [0, 0.1) is 11.7 Å². The predicted octanol–water partition coefficient (Wildman–Crippen LogP) is 4.62. The molecule has 1 aliphatic rings. The van der Waals surface area contributed by atoms with Gasteiger partial charge in [0, 0.05) is 5.54 Å². The Bertz CT molecular complexity index is 626. The van der Waals surface area contributed by atoms with E-state index in [-0.39, 0.29) is 16.7 Å². The van der Waals surface area contributed by atoms with Gasteiger partial charge in [0.05, 0.1) is 16.4 Å². The van der Waals surface area contributed by atoms with Gasteiger partial charge >= 0.3 is 0 Å². The van der Waals surface area contributed by atoms with Crippen LogP contribution in [0.15, 0.2) is 18.2 Å². The van der Waals surface area contributed by atoms with Gasteiger partial charge in [0.25, 0.3) is 0 Å². The van der Waals surface area contributed by atoms with Crippen LogP contribution in [0.25, 0.3) is 11.0 Å². The first-order valence-electron chi connectivity index (χ1n) is 6.73. The average molecular weight is 281 g/mol. The van der Waals surface area contributed by atoms with Gasteiger partial charge in [0.2, 0.25) is 0 Å². The van der Waals surface area contributed by atoms with Crippen molar-refractivity contribution in [1.29, 1.82) is 0 Å². The van der Waals surface area contributed by atoms with E-state index in [1.807, 2.05) is 6.92 Å². The van der Waals surface area contributed by atoms with Crippen molar-refractivity contribution in [3.63, 3.8) is 0 Å². The highest BCUT2D eigenvalue weighted by atomic mass is 35.5. The summed E-state index contributed by atoms with van der Waals surface area (Å²) in [5.74, 6) is 1.23. The molecule has 1 atom stereocenters. The molecular weight excluding hydrogens is 263 g/mol. The van der Waals surface area contributed by atoms with E-state index in [1.165, 1.54) is 18.9 Å². The maximum Gasteiger partial charge on any atom is 0.128 e. The van der Waals surface area contributed by atoms with Gasteiger partial charge in [-0.25, -0.2) is 9.37 Å². The standard InChI is InChI=1S/C15H18ClFN2/c1-9(16)14-18-12-7-6-11(17)8-13(12)19(14)15(2,3)10-4-5-10/h6-10H,4-5H2,1-3H3. The monoisotopic (exact) mass is 280 g/mol. The van der Waals surface area contributed by atoms with Crippen molar-refractivity contribution in [3.05, 3.63) is 29.8 Å². The van der Waals surface area contributed by atoms with Crippen molar-refractivity contribution in [2.45, 2.75) is 44.5 Å². The molecule has 0 N–H and O–H groups in total. The zero-order chi connectivity index (χ0) is 13.8. The van der Waals surface area contributed by atoms with Crippen LogP contribution in [0.4, 0.5) is 4.39 Å². The Balaban J connectivity index is 2.29. The summed E-state index contributed by atoms with van der Waals surface area (Å²) in [7, 11) is 0. The number of aromatic nitrogens is 2. The second-order valence-corrected chi connectivity index (χ2v) is 6.64. The third-order valence-corrected chi connectivity index (χ3v) is 4.35. The number of imidazole rings is 1. The van der Waals surface area contributed by atoms with E-state index < -0.39 is 0 Å². The summed E-state index contributed by atoms with van der Waals surface area (Å²) in [6, 6.07) is 4.74. The molecule has 1 aliphatic carbocycles. The van der Waals surface area contributed by atoms with Crippen molar-refractivity contribution in [2.24, 2.45) is 5.92 Å². The Hall–Kier alpha value is -1.09. The molecule has 1 aromatic carbocycles. The van der Waals surface area contributed by atoms with Crippen LogP contribution in [-0.2, 0) is 5.54 Å². The molecule has 0 saturated heterocycles. The number of fused-ring (bicyclic) bond motifs is 1. The number of halogens is 2. The SMILES string of the molecule is CC(Cl)c1nc2ccc(F)cc2n1C(C)(C)C1CC1. The second kappa shape index (κ2) is 4.20. The largest absolute Gasteiger partial charge is 0.321 e. The zero-order valence-corrected chi connectivity index (χ0v) is 12.2. The van der Waals surface area contributed by atoms with E-state index >= 15 is 0 Å². The van der Waals surface area contributed by atoms with Crippen molar-refractivity contribution in [3.8, 4) is 0 Å². The van der Waals surface area contributed by atoms with Crippen LogP contribution in [0.2, 0.25) is 0 Å². The fourth-order valence-electron chi connectivity index (χ4n) is 2.91. The molecule has 0 aliphatic heterocycles. The van der Waals surface area contributed by atoms with E-state index in [4.69, 9.17) is 11.6 Å². The quantitative estimate of drug-likeness (QED) is 0.750. The van der Waals surface area contributed by atoms with Crippen LogP contribution in [0.1, 0.15) is 44.8 Å². The van der Waals surface area contributed by atoms with Gasteiger partial charge in [-0.15, -0.1) is 11.6 Å². The maximum atomic E-state index is 13.6. The number of alkyl halides is 1. The molecule has 0 amide bonds. The highest BCUT2D eigenvalue weighted by Gasteiger charge is 2.41. The molecule has 1 saturated carbocycles. The van der Waals surface area contributed by atoms with Crippen LogP contribution in [0.5, 0.6) is 0 Å². The van der Waals surface area contributed by atoms with Crippen LogP contribution in [0.3, 0.4) is 0 Å². The first kappa shape index (κ1) is 12.9. The van der Waals surface area contributed by atoms with E-state index in [9.17, 15) is 4.39 Å². The third-order valence-electron chi connectivity index (χ3n) is 4.15. The minimum absolute atomic E-state index is 0.0684. The van der Waals surface area contributed by atoms with Gasteiger partial charge in [0.1, 0.15) is 11.6 Å². The average Bonchev–Trinajstić information content (AvgIpc) is 3.10. The molecule has 2 aromatic rings. The van der Waals surface area contributed by atoms with E-state index in [2.05, 4.69) is 23.4 Å². The van der Waals surface area contributed by atoms with Gasteiger partial charge in [-0.1, -0.05) is 0 Å². The van der Waals surface area contributed by atoms with Crippen molar-refractivity contribution < 1.29 is 4.39 Å². The van der Waals surface area contributed by atoms with Crippen LogP contribution in [-0.4, -0.2) is 9.55 Å². The van der Waals surface area contributed by atoms with Gasteiger partial charge in [-0.05, 0) is 57.7 Å². The maximum absolute atomic E-state index is 13.6. The number of hydrogen-bond acceptors (Lipinski definition) is 1. The predicted molar refractivity (Wildman–Crippen MR) is 76.0 cm³/mol. The molecule has 1 heterocycles. The van der Waals surface area contributed by atoms with Gasteiger partial charge in [0.15, 0.2) is 0 Å². The highest BCUT2D eigenvalue weighted by Crippen LogP contribution is 2.46. The Morgan fingerprint density at radius 2 is 2.11 bits per heavy atom. The number of nitrogens with zero attached hydrogens (tertiary/aromatic N) is 2. The van der Waals surface area contributed by atoms with Crippen molar-refractivity contribution >= 4 is 22.6 Å². The van der Waals surface area contributed by atoms with Crippen molar-refractivity contribution in [1.82, 2.24) is 9.55 Å². The summed E-state index contributed by atoms with van der Waals surface area (Å²) in [6.45, 7) is 6.30. The van der Waals surface area contributed by atoms with E-state index in [1.54, 1.807) is 12.1 Å². The first-order valence-corrected chi connectivity index (χ1v) is 7.17. The smallest absolute Gasteiger partial charge is 0.128 e. The Morgan fingerprint density at radius 1 is 1.42 bits per heavy atom. The molecule has 1 aromatic heterocycles.